The highest BCUT2D eigenvalue weighted by Crippen LogP contribution is 2.46. The van der Waals surface area contributed by atoms with Crippen molar-refractivity contribution in [2.75, 3.05) is 12.3 Å². The molecule has 2 N–H and O–H groups in total. The van der Waals surface area contributed by atoms with E-state index >= 15 is 0 Å². The zero-order valence-corrected chi connectivity index (χ0v) is 20.4. The molecule has 1 aromatic carbocycles. The highest BCUT2D eigenvalue weighted by Gasteiger charge is 2.58. The van der Waals surface area contributed by atoms with Crippen LogP contribution in [0.5, 0.6) is 0 Å². The number of nitrogens with one attached hydrogen (secondary N) is 1. The molecular formula is C23H21N5O3S3. The second-order valence-corrected chi connectivity index (χ2v) is 11.1. The van der Waals surface area contributed by atoms with Crippen LogP contribution in [-0.4, -0.2) is 70.1 Å². The molecule has 0 saturated carbocycles. The lowest BCUT2D eigenvalue weighted by atomic mass is 10.0. The number of pyridine rings is 1. The highest BCUT2D eigenvalue weighted by atomic mass is 32.2. The van der Waals surface area contributed by atoms with Gasteiger partial charge in [-0.05, 0) is 35.9 Å². The Balaban J connectivity index is 1.28. The number of rotatable bonds is 7. The minimum atomic E-state index is -1.17. The Morgan fingerprint density at radius 2 is 1.97 bits per heavy atom. The monoisotopic (exact) mass is 511 g/mol. The summed E-state index contributed by atoms with van der Waals surface area (Å²) in [5, 5.41) is 18.3. The predicted octanol–water partition coefficient (Wildman–Crippen LogP) is 2.63. The van der Waals surface area contributed by atoms with E-state index in [-0.39, 0.29) is 17.8 Å². The molecule has 34 heavy (non-hydrogen) atoms. The van der Waals surface area contributed by atoms with E-state index in [9.17, 15) is 14.7 Å². The number of amides is 1. The van der Waals surface area contributed by atoms with Crippen molar-refractivity contribution in [3.05, 3.63) is 72.7 Å². The maximum Gasteiger partial charge on any atom is 0.322 e. The van der Waals surface area contributed by atoms with Gasteiger partial charge in [-0.3, -0.25) is 14.6 Å². The second kappa shape index (κ2) is 9.40. The maximum absolute atomic E-state index is 12.9. The molecule has 174 valence electrons. The zero-order chi connectivity index (χ0) is 23.7. The molecule has 2 saturated heterocycles. The first kappa shape index (κ1) is 22.9. The van der Waals surface area contributed by atoms with Crippen LogP contribution in [0.25, 0.3) is 5.69 Å². The van der Waals surface area contributed by atoms with Crippen molar-refractivity contribution in [3.63, 3.8) is 0 Å². The molecule has 2 fully saturated rings. The number of carbonyl (C=O) groups excluding carboxylic acids is 1. The van der Waals surface area contributed by atoms with Crippen LogP contribution in [0, 0.1) is 0 Å². The van der Waals surface area contributed by atoms with E-state index in [1.165, 1.54) is 23.5 Å². The van der Waals surface area contributed by atoms with E-state index in [1.54, 1.807) is 34.2 Å². The number of carboxylic acid groups (broad SMARTS) is 1. The van der Waals surface area contributed by atoms with Gasteiger partial charge < -0.3 is 15.3 Å². The van der Waals surface area contributed by atoms with Crippen molar-refractivity contribution in [1.82, 2.24) is 25.0 Å². The lowest BCUT2D eigenvalue weighted by molar-refractivity contribution is -0.149. The number of thioether (sulfide) groups is 2. The number of hydrogen-bond acceptors (Lipinski definition) is 7. The molecule has 2 aromatic heterocycles. The number of carboxylic acids is 1. The summed E-state index contributed by atoms with van der Waals surface area (Å²) in [4.78, 5) is 31.6. The summed E-state index contributed by atoms with van der Waals surface area (Å²) >= 11 is 8.18. The number of para-hydroxylation sites is 1. The molecule has 11 heteroatoms. The Morgan fingerprint density at radius 3 is 2.71 bits per heavy atom. The summed E-state index contributed by atoms with van der Waals surface area (Å²) in [5.74, 6) is -0.713. The Kier molecular flexibility index (Phi) is 6.32. The van der Waals surface area contributed by atoms with Gasteiger partial charge in [0.15, 0.2) is 0 Å². The number of thiocarbonyl (C=S) groups is 1. The molecule has 3 atom stereocenters. The summed E-state index contributed by atoms with van der Waals surface area (Å²) in [6.45, 7) is 0.124. The average molecular weight is 512 g/mol. The molecule has 1 amide bonds. The van der Waals surface area contributed by atoms with Gasteiger partial charge >= 0.3 is 5.97 Å². The summed E-state index contributed by atoms with van der Waals surface area (Å²) < 4.78 is 0.553. The van der Waals surface area contributed by atoms with Crippen LogP contribution >= 0.6 is 35.7 Å². The number of hydrogen-bond donors (Lipinski definition) is 2. The molecule has 2 aliphatic heterocycles. The third kappa shape index (κ3) is 4.30. The minimum Gasteiger partial charge on any atom is -0.480 e. The lowest BCUT2D eigenvalue weighted by Crippen LogP contribution is -2.74. The van der Waals surface area contributed by atoms with E-state index in [4.69, 9.17) is 12.2 Å². The van der Waals surface area contributed by atoms with Crippen molar-refractivity contribution < 1.29 is 14.7 Å². The first-order valence-electron chi connectivity index (χ1n) is 10.6. The first-order chi connectivity index (χ1) is 16.5. The van der Waals surface area contributed by atoms with Crippen LogP contribution in [0.3, 0.4) is 0 Å². The summed E-state index contributed by atoms with van der Waals surface area (Å²) in [6.07, 6.45) is 5.59. The van der Waals surface area contributed by atoms with Crippen molar-refractivity contribution >= 4 is 52.6 Å². The number of benzene rings is 1. The molecule has 4 heterocycles. The van der Waals surface area contributed by atoms with E-state index in [0.29, 0.717) is 22.2 Å². The van der Waals surface area contributed by atoms with Gasteiger partial charge in [0, 0.05) is 31.1 Å². The normalized spacial score (nSPS) is 23.6. The largest absolute Gasteiger partial charge is 0.480 e. The molecule has 5 rings (SSSR count). The van der Waals surface area contributed by atoms with Gasteiger partial charge in [-0.1, -0.05) is 42.2 Å². The average Bonchev–Trinajstić information content (AvgIpc) is 3.31. The number of carbonyl (C=O) groups is 2. The predicted molar refractivity (Wildman–Crippen MR) is 135 cm³/mol. The molecule has 3 aromatic rings. The third-order valence-corrected chi connectivity index (χ3v) is 9.11. The van der Waals surface area contributed by atoms with Crippen molar-refractivity contribution in [3.8, 4) is 5.69 Å². The fourth-order valence-electron chi connectivity index (χ4n) is 4.03. The van der Waals surface area contributed by atoms with Gasteiger partial charge in [-0.25, -0.2) is 4.68 Å². The van der Waals surface area contributed by atoms with Crippen LogP contribution in [0.1, 0.15) is 5.56 Å². The Labute approximate surface area is 210 Å². The SMILES string of the molecule is O=C1[C@@H](NC(=S)Cc2ccncc2)[C@H]2SCC(Sc3ccnn3-c3ccccc3)(C(=O)O)CN12. The first-order valence-corrected chi connectivity index (χ1v) is 12.9. The molecular weight excluding hydrogens is 490 g/mol. The molecule has 1 unspecified atom stereocenters. The number of fused-ring (bicyclic) bond motifs is 1. The minimum absolute atomic E-state index is 0.124. The maximum atomic E-state index is 12.9. The fourth-order valence-corrected chi connectivity index (χ4v) is 7.21. The van der Waals surface area contributed by atoms with Crippen molar-refractivity contribution in [2.24, 2.45) is 0 Å². The number of β-lactam (4-membered cyclic amide) rings is 1. The molecule has 2 aliphatic rings. The lowest BCUT2D eigenvalue weighted by Gasteiger charge is -2.53. The van der Waals surface area contributed by atoms with Crippen molar-refractivity contribution in [2.45, 2.75) is 27.6 Å². The number of aromatic nitrogens is 3. The smallest absolute Gasteiger partial charge is 0.322 e. The van der Waals surface area contributed by atoms with Crippen LogP contribution in [0.15, 0.2) is 72.1 Å². The van der Waals surface area contributed by atoms with Gasteiger partial charge in [-0.15, -0.1) is 11.8 Å². The number of nitrogens with zero attached hydrogens (tertiary/aromatic N) is 4. The third-order valence-electron chi connectivity index (χ3n) is 5.78. The Hall–Kier alpha value is -2.89. The topological polar surface area (TPSA) is 100 Å². The molecule has 0 spiro atoms. The summed E-state index contributed by atoms with van der Waals surface area (Å²) in [5.41, 5.74) is 1.87. The Morgan fingerprint density at radius 1 is 1.21 bits per heavy atom. The highest BCUT2D eigenvalue weighted by molar-refractivity contribution is 8.05. The second-order valence-electron chi connectivity index (χ2n) is 8.06. The molecule has 0 radical (unpaired) electrons. The van der Waals surface area contributed by atoms with Gasteiger partial charge in [0.25, 0.3) is 0 Å². The van der Waals surface area contributed by atoms with Crippen molar-refractivity contribution in [1.29, 1.82) is 0 Å². The van der Waals surface area contributed by atoms with Crippen LogP contribution in [0.2, 0.25) is 0 Å². The quantitative estimate of drug-likeness (QED) is 0.366. The van der Waals surface area contributed by atoms with E-state index in [0.717, 1.165) is 11.3 Å². The van der Waals surface area contributed by atoms with E-state index in [1.807, 2.05) is 42.5 Å². The molecule has 0 aliphatic carbocycles. The summed E-state index contributed by atoms with van der Waals surface area (Å²) in [6, 6.07) is 14.7. The standard InChI is InChI=1S/C23H21N5O3S3/c29-20-19(26-17(32)12-15-6-9-24-10-7-15)21-27(20)13-23(14-33-21,22(30)31)34-18-8-11-25-28(18)16-4-2-1-3-5-16/h1-11,19,21H,12-14H2,(H,26,32)(H,30,31)/t19-,21-,23?/m1/s1. The van der Waals surface area contributed by atoms with Gasteiger partial charge in [-0.2, -0.15) is 5.10 Å². The molecule has 8 nitrogen and oxygen atoms in total. The van der Waals surface area contributed by atoms with Gasteiger partial charge in [0.05, 0.1) is 16.9 Å². The zero-order valence-electron chi connectivity index (χ0n) is 17.9. The Bertz CT molecular complexity index is 1220. The molecule has 0 bridgehead atoms. The van der Waals surface area contributed by atoms with Gasteiger partial charge in [0.2, 0.25) is 5.91 Å². The van der Waals surface area contributed by atoms with Gasteiger partial charge in [0.1, 0.15) is 21.2 Å². The number of aliphatic carboxylic acids is 1. The van der Waals surface area contributed by atoms with E-state index < -0.39 is 16.8 Å². The fraction of sp³-hybridized carbons (Fsp3) is 0.261. The van der Waals surface area contributed by atoms with Crippen LogP contribution < -0.4 is 5.32 Å². The van der Waals surface area contributed by atoms with Crippen LogP contribution in [-0.2, 0) is 16.0 Å². The van der Waals surface area contributed by atoms with E-state index in [2.05, 4.69) is 15.4 Å². The van der Waals surface area contributed by atoms with Crippen LogP contribution in [0.4, 0.5) is 0 Å². The summed E-state index contributed by atoms with van der Waals surface area (Å²) in [7, 11) is 0.